The van der Waals surface area contributed by atoms with Crippen LogP contribution in [0.5, 0.6) is 5.75 Å². The lowest BCUT2D eigenvalue weighted by molar-refractivity contribution is 0.101. The predicted molar refractivity (Wildman–Crippen MR) is 107 cm³/mol. The molecule has 0 bridgehead atoms. The standard InChI is InChI=1S/C21H16ClFN2O3/c1-28-19-10-9-17(12-18(19)22)25-21(27)14-7-5-13(6-8-14)20(26)24-16-4-2-3-15(23)11-16/h2-12H,1H3,(H,24,26)(H,25,27). The summed E-state index contributed by atoms with van der Waals surface area (Å²) in [5.41, 5.74) is 1.58. The van der Waals surface area contributed by atoms with Gasteiger partial charge < -0.3 is 15.4 Å². The van der Waals surface area contributed by atoms with Crippen LogP contribution in [-0.2, 0) is 0 Å². The number of amides is 2. The molecule has 0 spiro atoms. The van der Waals surface area contributed by atoms with Gasteiger partial charge in [-0.25, -0.2) is 4.39 Å². The molecule has 0 aliphatic heterocycles. The van der Waals surface area contributed by atoms with E-state index in [9.17, 15) is 14.0 Å². The fraction of sp³-hybridized carbons (Fsp3) is 0.0476. The van der Waals surface area contributed by atoms with E-state index in [-0.39, 0.29) is 5.91 Å². The van der Waals surface area contributed by atoms with Gasteiger partial charge in [0, 0.05) is 22.5 Å². The minimum absolute atomic E-state index is 0.341. The molecular formula is C21H16ClFN2O3. The zero-order valence-electron chi connectivity index (χ0n) is 14.8. The monoisotopic (exact) mass is 398 g/mol. The molecule has 28 heavy (non-hydrogen) atoms. The average Bonchev–Trinajstić information content (AvgIpc) is 2.68. The zero-order chi connectivity index (χ0) is 20.1. The van der Waals surface area contributed by atoms with E-state index in [1.807, 2.05) is 0 Å². The molecule has 3 aromatic rings. The van der Waals surface area contributed by atoms with Crippen LogP contribution in [0.1, 0.15) is 20.7 Å². The highest BCUT2D eigenvalue weighted by Crippen LogP contribution is 2.27. The third-order valence-corrected chi connectivity index (χ3v) is 4.20. The van der Waals surface area contributed by atoms with Crippen molar-refractivity contribution in [1.29, 1.82) is 0 Å². The fourth-order valence-corrected chi connectivity index (χ4v) is 2.75. The smallest absolute Gasteiger partial charge is 0.255 e. The van der Waals surface area contributed by atoms with Crippen molar-refractivity contribution in [3.63, 3.8) is 0 Å². The summed E-state index contributed by atoms with van der Waals surface area (Å²) in [7, 11) is 1.51. The molecule has 0 aromatic heterocycles. The van der Waals surface area contributed by atoms with Crippen molar-refractivity contribution in [2.24, 2.45) is 0 Å². The van der Waals surface area contributed by atoms with Crippen LogP contribution < -0.4 is 15.4 Å². The minimum Gasteiger partial charge on any atom is -0.495 e. The Kier molecular flexibility index (Phi) is 5.91. The van der Waals surface area contributed by atoms with Crippen molar-refractivity contribution < 1.29 is 18.7 Å². The van der Waals surface area contributed by atoms with Gasteiger partial charge in [-0.2, -0.15) is 0 Å². The molecule has 3 rings (SSSR count). The van der Waals surface area contributed by atoms with Crippen molar-refractivity contribution in [1.82, 2.24) is 0 Å². The maximum absolute atomic E-state index is 13.2. The Morgan fingerprint density at radius 1 is 0.857 bits per heavy atom. The molecule has 2 N–H and O–H groups in total. The lowest BCUT2D eigenvalue weighted by atomic mass is 10.1. The van der Waals surface area contributed by atoms with Crippen molar-refractivity contribution >= 4 is 34.8 Å². The number of carbonyl (C=O) groups excluding carboxylic acids is 2. The summed E-state index contributed by atoms with van der Waals surface area (Å²) in [4.78, 5) is 24.6. The molecule has 0 saturated heterocycles. The van der Waals surface area contributed by atoms with E-state index in [4.69, 9.17) is 16.3 Å². The number of methoxy groups -OCH3 is 1. The molecule has 5 nitrogen and oxygen atoms in total. The Morgan fingerprint density at radius 3 is 1.93 bits per heavy atom. The highest BCUT2D eigenvalue weighted by Gasteiger charge is 2.11. The van der Waals surface area contributed by atoms with E-state index >= 15 is 0 Å². The molecule has 0 unspecified atom stereocenters. The average molecular weight is 399 g/mol. The van der Waals surface area contributed by atoms with Gasteiger partial charge in [-0.15, -0.1) is 0 Å². The number of rotatable bonds is 5. The first kappa shape index (κ1) is 19.4. The van der Waals surface area contributed by atoms with Gasteiger partial charge in [0.15, 0.2) is 0 Å². The second-order valence-corrected chi connectivity index (χ2v) is 6.25. The van der Waals surface area contributed by atoms with Crippen LogP contribution in [0.2, 0.25) is 5.02 Å². The van der Waals surface area contributed by atoms with E-state index in [1.54, 1.807) is 24.3 Å². The molecule has 0 saturated carbocycles. The largest absolute Gasteiger partial charge is 0.495 e. The van der Waals surface area contributed by atoms with Crippen LogP contribution in [0, 0.1) is 5.82 Å². The molecule has 7 heteroatoms. The van der Waals surface area contributed by atoms with Crippen LogP contribution in [0.4, 0.5) is 15.8 Å². The van der Waals surface area contributed by atoms with Crippen LogP contribution >= 0.6 is 11.6 Å². The van der Waals surface area contributed by atoms with Gasteiger partial charge in [-0.05, 0) is 60.7 Å². The maximum Gasteiger partial charge on any atom is 0.255 e. The highest BCUT2D eigenvalue weighted by atomic mass is 35.5. The quantitative estimate of drug-likeness (QED) is 0.636. The molecule has 3 aromatic carbocycles. The molecule has 0 fully saturated rings. The summed E-state index contributed by atoms with van der Waals surface area (Å²) in [6.45, 7) is 0. The normalized spacial score (nSPS) is 10.2. The van der Waals surface area contributed by atoms with Crippen LogP contribution in [-0.4, -0.2) is 18.9 Å². The van der Waals surface area contributed by atoms with E-state index in [0.29, 0.717) is 33.3 Å². The number of hydrogen-bond donors (Lipinski definition) is 2. The van der Waals surface area contributed by atoms with E-state index in [2.05, 4.69) is 10.6 Å². The number of nitrogens with one attached hydrogen (secondary N) is 2. The first-order valence-electron chi connectivity index (χ1n) is 8.28. The van der Waals surface area contributed by atoms with Crippen LogP contribution in [0.25, 0.3) is 0 Å². The summed E-state index contributed by atoms with van der Waals surface area (Å²) in [5.74, 6) is -0.686. The van der Waals surface area contributed by atoms with Crippen molar-refractivity contribution in [3.8, 4) is 5.75 Å². The minimum atomic E-state index is -0.441. The molecule has 2 amide bonds. The summed E-state index contributed by atoms with van der Waals surface area (Å²) in [5, 5.41) is 5.70. The molecule has 0 aliphatic rings. The van der Waals surface area contributed by atoms with Gasteiger partial charge in [-0.1, -0.05) is 17.7 Å². The van der Waals surface area contributed by atoms with Gasteiger partial charge in [0.2, 0.25) is 0 Å². The number of benzene rings is 3. The van der Waals surface area contributed by atoms with Crippen molar-refractivity contribution in [2.45, 2.75) is 0 Å². The topological polar surface area (TPSA) is 67.4 Å². The molecule has 0 radical (unpaired) electrons. The number of carbonyl (C=O) groups is 2. The summed E-state index contributed by atoms with van der Waals surface area (Å²) < 4.78 is 18.3. The predicted octanol–water partition coefficient (Wildman–Crippen LogP) is 4.99. The maximum atomic E-state index is 13.2. The summed E-state index contributed by atoms with van der Waals surface area (Å²) in [6, 6.07) is 16.6. The first-order chi connectivity index (χ1) is 13.5. The van der Waals surface area contributed by atoms with Crippen molar-refractivity contribution in [3.05, 3.63) is 88.7 Å². The lowest BCUT2D eigenvalue weighted by Crippen LogP contribution is -2.14. The second-order valence-electron chi connectivity index (χ2n) is 5.85. The Hall–Kier alpha value is -3.38. The van der Waals surface area contributed by atoms with Gasteiger partial charge in [0.05, 0.1) is 12.1 Å². The van der Waals surface area contributed by atoms with E-state index in [1.165, 1.54) is 49.6 Å². The number of hydrogen-bond acceptors (Lipinski definition) is 3. The second kappa shape index (κ2) is 8.54. The Morgan fingerprint density at radius 2 is 1.43 bits per heavy atom. The third-order valence-electron chi connectivity index (χ3n) is 3.90. The zero-order valence-corrected chi connectivity index (χ0v) is 15.6. The van der Waals surface area contributed by atoms with Gasteiger partial charge >= 0.3 is 0 Å². The fourth-order valence-electron chi connectivity index (χ4n) is 2.49. The van der Waals surface area contributed by atoms with Crippen LogP contribution in [0.3, 0.4) is 0 Å². The Balaban J connectivity index is 1.67. The lowest BCUT2D eigenvalue weighted by Gasteiger charge is -2.09. The molecule has 142 valence electrons. The number of anilines is 2. The number of ether oxygens (including phenoxy) is 1. The van der Waals surface area contributed by atoms with Crippen LogP contribution in [0.15, 0.2) is 66.7 Å². The highest BCUT2D eigenvalue weighted by molar-refractivity contribution is 6.32. The summed E-state index contributed by atoms with van der Waals surface area (Å²) >= 11 is 6.05. The first-order valence-corrected chi connectivity index (χ1v) is 8.66. The van der Waals surface area contributed by atoms with Gasteiger partial charge in [-0.3, -0.25) is 9.59 Å². The molecule has 0 heterocycles. The number of halogens is 2. The van der Waals surface area contributed by atoms with Gasteiger partial charge in [0.25, 0.3) is 11.8 Å². The van der Waals surface area contributed by atoms with E-state index in [0.717, 1.165) is 0 Å². The molecule has 0 atom stereocenters. The third kappa shape index (κ3) is 4.66. The summed E-state index contributed by atoms with van der Waals surface area (Å²) in [6.07, 6.45) is 0. The van der Waals surface area contributed by atoms with E-state index < -0.39 is 11.7 Å². The van der Waals surface area contributed by atoms with Crippen molar-refractivity contribution in [2.75, 3.05) is 17.7 Å². The molecular weight excluding hydrogens is 383 g/mol. The molecule has 0 aliphatic carbocycles. The Bertz CT molecular complexity index is 1020. The van der Waals surface area contributed by atoms with Gasteiger partial charge in [0.1, 0.15) is 11.6 Å². The SMILES string of the molecule is COc1ccc(NC(=O)c2ccc(C(=O)Nc3cccc(F)c3)cc2)cc1Cl. The Labute approximate surface area is 166 Å².